The summed E-state index contributed by atoms with van der Waals surface area (Å²) in [6.45, 7) is 1.89. The molecule has 1 amide bonds. The molecule has 0 unspecified atom stereocenters. The Morgan fingerprint density at radius 3 is 2.60 bits per heavy atom. The van der Waals surface area contributed by atoms with Crippen molar-refractivity contribution in [2.45, 2.75) is 6.42 Å². The van der Waals surface area contributed by atoms with E-state index in [1.807, 2.05) is 0 Å². The summed E-state index contributed by atoms with van der Waals surface area (Å²) in [6.07, 6.45) is 0.696. The molecule has 0 bridgehead atoms. The summed E-state index contributed by atoms with van der Waals surface area (Å²) in [4.78, 5) is 14.0. The van der Waals surface area contributed by atoms with Crippen LogP contribution in [0.3, 0.4) is 0 Å². The number of carbonyl (C=O) groups is 1. The quantitative estimate of drug-likeness (QED) is 0.581. The fourth-order valence-corrected chi connectivity index (χ4v) is 1.80. The second-order valence-corrected chi connectivity index (χ2v) is 4.36. The van der Waals surface area contributed by atoms with Crippen molar-refractivity contribution < 1.29 is 18.7 Å². The Labute approximate surface area is 118 Å². The average molecular weight is 284 g/mol. The summed E-state index contributed by atoms with van der Waals surface area (Å²) in [5, 5.41) is 0. The van der Waals surface area contributed by atoms with Crippen LogP contribution in [-0.4, -0.2) is 51.3 Å². The summed E-state index contributed by atoms with van der Waals surface area (Å²) in [5.41, 5.74) is 6.19. The van der Waals surface area contributed by atoms with Gasteiger partial charge in [0.2, 0.25) is 0 Å². The smallest absolute Gasteiger partial charge is 0.256 e. The Bertz CT molecular complexity index is 440. The number of anilines is 1. The fourth-order valence-electron chi connectivity index (χ4n) is 1.80. The van der Waals surface area contributed by atoms with Crippen molar-refractivity contribution in [2.75, 3.05) is 46.3 Å². The highest BCUT2D eigenvalue weighted by Gasteiger charge is 2.18. The van der Waals surface area contributed by atoms with Crippen LogP contribution < -0.4 is 5.73 Å². The van der Waals surface area contributed by atoms with Gasteiger partial charge in [-0.15, -0.1) is 0 Å². The topological polar surface area (TPSA) is 64.8 Å². The molecule has 0 aromatic heterocycles. The second-order valence-electron chi connectivity index (χ2n) is 4.36. The summed E-state index contributed by atoms with van der Waals surface area (Å²) in [6, 6.07) is 3.79. The predicted molar refractivity (Wildman–Crippen MR) is 75.1 cm³/mol. The monoisotopic (exact) mass is 284 g/mol. The van der Waals surface area contributed by atoms with E-state index in [1.165, 1.54) is 12.1 Å². The van der Waals surface area contributed by atoms with Gasteiger partial charge in [-0.05, 0) is 24.6 Å². The van der Waals surface area contributed by atoms with Crippen molar-refractivity contribution in [3.8, 4) is 0 Å². The molecule has 0 radical (unpaired) electrons. The number of amides is 1. The zero-order chi connectivity index (χ0) is 15.0. The van der Waals surface area contributed by atoms with Gasteiger partial charge in [-0.25, -0.2) is 4.39 Å². The van der Waals surface area contributed by atoms with Crippen LogP contribution in [0.15, 0.2) is 18.2 Å². The molecule has 1 aromatic rings. The van der Waals surface area contributed by atoms with E-state index in [4.69, 9.17) is 15.2 Å². The van der Waals surface area contributed by atoms with Crippen LogP contribution >= 0.6 is 0 Å². The maximum atomic E-state index is 13.3. The molecule has 0 saturated heterocycles. The molecular weight excluding hydrogens is 263 g/mol. The number of nitrogens with zero attached hydrogens (tertiary/aromatic N) is 1. The Morgan fingerprint density at radius 2 is 1.95 bits per heavy atom. The van der Waals surface area contributed by atoms with Crippen LogP contribution in [-0.2, 0) is 9.47 Å². The molecule has 0 spiro atoms. The highest BCUT2D eigenvalue weighted by Crippen LogP contribution is 2.16. The first kappa shape index (κ1) is 16.4. The molecule has 6 heteroatoms. The number of hydrogen-bond acceptors (Lipinski definition) is 4. The third kappa shape index (κ3) is 4.79. The van der Waals surface area contributed by atoms with Crippen molar-refractivity contribution in [1.29, 1.82) is 0 Å². The number of nitrogens with two attached hydrogens (primary N) is 1. The molecule has 2 N–H and O–H groups in total. The number of halogens is 1. The first-order valence-electron chi connectivity index (χ1n) is 6.42. The molecule has 0 aliphatic rings. The van der Waals surface area contributed by atoms with Gasteiger partial charge in [-0.3, -0.25) is 4.79 Å². The maximum absolute atomic E-state index is 13.3. The van der Waals surface area contributed by atoms with Crippen LogP contribution in [0.5, 0.6) is 0 Å². The van der Waals surface area contributed by atoms with Gasteiger partial charge in [0, 0.05) is 39.6 Å². The summed E-state index contributed by atoms with van der Waals surface area (Å²) in [7, 11) is 3.17. The van der Waals surface area contributed by atoms with E-state index in [2.05, 4.69) is 0 Å². The average Bonchev–Trinajstić information content (AvgIpc) is 2.44. The number of methoxy groups -OCH3 is 2. The van der Waals surface area contributed by atoms with E-state index >= 15 is 0 Å². The molecule has 0 fully saturated rings. The lowest BCUT2D eigenvalue weighted by Gasteiger charge is -2.23. The van der Waals surface area contributed by atoms with Gasteiger partial charge < -0.3 is 20.1 Å². The number of carbonyl (C=O) groups excluding carboxylic acids is 1. The Balaban J connectivity index is 2.82. The molecule has 20 heavy (non-hydrogen) atoms. The molecule has 0 aliphatic heterocycles. The van der Waals surface area contributed by atoms with Gasteiger partial charge >= 0.3 is 0 Å². The maximum Gasteiger partial charge on any atom is 0.256 e. The molecule has 1 aromatic carbocycles. The van der Waals surface area contributed by atoms with Crippen LogP contribution in [0.25, 0.3) is 0 Å². The lowest BCUT2D eigenvalue weighted by Crippen LogP contribution is -2.35. The second kappa shape index (κ2) is 8.50. The van der Waals surface area contributed by atoms with Crippen molar-refractivity contribution in [1.82, 2.24) is 4.90 Å². The van der Waals surface area contributed by atoms with E-state index in [0.717, 1.165) is 6.07 Å². The Morgan fingerprint density at radius 1 is 1.25 bits per heavy atom. The van der Waals surface area contributed by atoms with Crippen LogP contribution in [0.1, 0.15) is 16.8 Å². The lowest BCUT2D eigenvalue weighted by atomic mass is 10.1. The van der Waals surface area contributed by atoms with Gasteiger partial charge in [0.15, 0.2) is 0 Å². The minimum absolute atomic E-state index is 0.179. The van der Waals surface area contributed by atoms with Crippen molar-refractivity contribution in [3.05, 3.63) is 29.6 Å². The Hall–Kier alpha value is -1.66. The van der Waals surface area contributed by atoms with E-state index in [9.17, 15) is 9.18 Å². The summed E-state index contributed by atoms with van der Waals surface area (Å²) < 4.78 is 23.2. The fraction of sp³-hybridized carbons (Fsp3) is 0.500. The van der Waals surface area contributed by atoms with Crippen molar-refractivity contribution in [3.63, 3.8) is 0 Å². The molecule has 1 rings (SSSR count). The van der Waals surface area contributed by atoms with Crippen molar-refractivity contribution >= 4 is 11.6 Å². The first-order valence-corrected chi connectivity index (χ1v) is 6.42. The Kier molecular flexibility index (Phi) is 6.97. The summed E-state index contributed by atoms with van der Waals surface area (Å²) >= 11 is 0. The zero-order valence-corrected chi connectivity index (χ0v) is 11.9. The standard InChI is InChI=1S/C14H21FN2O3/c1-19-8-3-6-17(7-9-20-2)14(18)12-10-11(15)4-5-13(12)16/h4-5,10H,3,6-9,16H2,1-2H3. The molecule has 0 saturated carbocycles. The number of hydrogen-bond donors (Lipinski definition) is 1. The van der Waals surface area contributed by atoms with E-state index in [0.29, 0.717) is 32.7 Å². The predicted octanol–water partition coefficient (Wildman–Crippen LogP) is 1.53. The highest BCUT2D eigenvalue weighted by atomic mass is 19.1. The number of nitrogen functional groups attached to an aromatic ring is 1. The van der Waals surface area contributed by atoms with Gasteiger partial charge in [0.25, 0.3) is 5.91 Å². The van der Waals surface area contributed by atoms with Gasteiger partial charge in [0.05, 0.1) is 12.2 Å². The minimum atomic E-state index is -0.480. The van der Waals surface area contributed by atoms with E-state index in [1.54, 1.807) is 19.1 Å². The van der Waals surface area contributed by atoms with E-state index < -0.39 is 5.82 Å². The van der Waals surface area contributed by atoms with E-state index in [-0.39, 0.29) is 17.2 Å². The number of benzene rings is 1. The molecule has 0 aliphatic carbocycles. The zero-order valence-electron chi connectivity index (χ0n) is 11.9. The molecule has 112 valence electrons. The van der Waals surface area contributed by atoms with Gasteiger partial charge in [-0.1, -0.05) is 0 Å². The highest BCUT2D eigenvalue weighted by molar-refractivity contribution is 5.99. The number of rotatable bonds is 8. The lowest BCUT2D eigenvalue weighted by molar-refractivity contribution is 0.0674. The molecule has 0 atom stereocenters. The largest absolute Gasteiger partial charge is 0.398 e. The SMILES string of the molecule is COCCCN(CCOC)C(=O)c1cc(F)ccc1N. The third-order valence-corrected chi connectivity index (χ3v) is 2.87. The molecule has 0 heterocycles. The number of ether oxygens (including phenoxy) is 2. The molecular formula is C14H21FN2O3. The van der Waals surface area contributed by atoms with Crippen LogP contribution in [0.2, 0.25) is 0 Å². The van der Waals surface area contributed by atoms with Crippen molar-refractivity contribution in [2.24, 2.45) is 0 Å². The van der Waals surface area contributed by atoms with Gasteiger partial charge in [0.1, 0.15) is 5.82 Å². The first-order chi connectivity index (χ1) is 9.60. The third-order valence-electron chi connectivity index (χ3n) is 2.87. The van der Waals surface area contributed by atoms with Crippen LogP contribution in [0, 0.1) is 5.82 Å². The molecule has 5 nitrogen and oxygen atoms in total. The van der Waals surface area contributed by atoms with Crippen LogP contribution in [0.4, 0.5) is 10.1 Å². The minimum Gasteiger partial charge on any atom is -0.398 e. The summed E-state index contributed by atoms with van der Waals surface area (Å²) in [5.74, 6) is -0.777. The van der Waals surface area contributed by atoms with Gasteiger partial charge in [-0.2, -0.15) is 0 Å². The normalized spacial score (nSPS) is 10.6.